The van der Waals surface area contributed by atoms with Crippen molar-refractivity contribution in [2.24, 2.45) is 0 Å². The molecular weight excluding hydrogens is 420 g/mol. The molecule has 0 aromatic heterocycles. The Balaban J connectivity index is 1.80. The van der Waals surface area contributed by atoms with Crippen molar-refractivity contribution in [2.45, 2.75) is 31.7 Å². The zero-order valence-corrected chi connectivity index (χ0v) is 19.4. The fraction of sp³-hybridized carbons (Fsp3) is 0.192. The Hall–Kier alpha value is -3.38. The fourth-order valence-corrected chi connectivity index (χ4v) is 5.08. The van der Waals surface area contributed by atoms with Crippen LogP contribution in [0.1, 0.15) is 40.0 Å². The summed E-state index contributed by atoms with van der Waals surface area (Å²) in [6.07, 6.45) is 1.53. The SMILES string of the molecule is C=CCN(c1ccc(C(=O)N[C@H](C)c2ccc(C)cc2C)cc1)S(=O)(=O)c1ccccc1. The number of amides is 1. The lowest BCUT2D eigenvalue weighted by Crippen LogP contribution is -2.31. The summed E-state index contributed by atoms with van der Waals surface area (Å²) in [5, 5.41) is 3.02. The number of hydrogen-bond donors (Lipinski definition) is 1. The summed E-state index contributed by atoms with van der Waals surface area (Å²) >= 11 is 0. The molecule has 1 atom stereocenters. The van der Waals surface area contributed by atoms with Gasteiger partial charge < -0.3 is 5.32 Å². The number of carbonyl (C=O) groups excluding carboxylic acids is 1. The first-order valence-electron chi connectivity index (χ1n) is 10.4. The van der Waals surface area contributed by atoms with Crippen molar-refractivity contribution in [1.82, 2.24) is 5.32 Å². The number of benzene rings is 3. The van der Waals surface area contributed by atoms with E-state index in [0.29, 0.717) is 11.3 Å². The van der Waals surface area contributed by atoms with E-state index in [4.69, 9.17) is 0 Å². The summed E-state index contributed by atoms with van der Waals surface area (Å²) in [6, 6.07) is 20.8. The van der Waals surface area contributed by atoms with Gasteiger partial charge in [0.15, 0.2) is 0 Å². The van der Waals surface area contributed by atoms with Crippen LogP contribution >= 0.6 is 0 Å². The van der Waals surface area contributed by atoms with E-state index in [0.717, 1.165) is 11.1 Å². The number of sulfonamides is 1. The maximum atomic E-state index is 13.1. The maximum Gasteiger partial charge on any atom is 0.264 e. The number of rotatable bonds is 8. The summed E-state index contributed by atoms with van der Waals surface area (Å²) in [7, 11) is -3.75. The van der Waals surface area contributed by atoms with Gasteiger partial charge in [0.1, 0.15) is 0 Å². The third-order valence-electron chi connectivity index (χ3n) is 5.28. The highest BCUT2D eigenvalue weighted by Crippen LogP contribution is 2.25. The Morgan fingerprint density at radius 3 is 2.28 bits per heavy atom. The Morgan fingerprint density at radius 1 is 1.03 bits per heavy atom. The lowest BCUT2D eigenvalue weighted by Gasteiger charge is -2.23. The molecule has 6 heteroatoms. The number of carbonyl (C=O) groups is 1. The van der Waals surface area contributed by atoms with Crippen LogP contribution in [0.4, 0.5) is 5.69 Å². The van der Waals surface area contributed by atoms with E-state index >= 15 is 0 Å². The lowest BCUT2D eigenvalue weighted by atomic mass is 10.00. The molecule has 0 heterocycles. The highest BCUT2D eigenvalue weighted by atomic mass is 32.2. The average Bonchev–Trinajstić information content (AvgIpc) is 2.78. The maximum absolute atomic E-state index is 13.1. The van der Waals surface area contributed by atoms with Crippen molar-refractivity contribution in [3.05, 3.63) is 108 Å². The summed E-state index contributed by atoms with van der Waals surface area (Å²) in [5.74, 6) is -0.217. The van der Waals surface area contributed by atoms with Crippen LogP contribution in [-0.4, -0.2) is 20.9 Å². The molecule has 5 nitrogen and oxygen atoms in total. The first kappa shape index (κ1) is 23.3. The van der Waals surface area contributed by atoms with Crippen molar-refractivity contribution < 1.29 is 13.2 Å². The molecule has 0 aliphatic carbocycles. The second-order valence-corrected chi connectivity index (χ2v) is 9.60. The molecule has 1 amide bonds. The normalized spacial score (nSPS) is 12.1. The van der Waals surface area contributed by atoms with Gasteiger partial charge in [0.25, 0.3) is 15.9 Å². The Labute approximate surface area is 190 Å². The van der Waals surface area contributed by atoms with E-state index < -0.39 is 10.0 Å². The van der Waals surface area contributed by atoms with Gasteiger partial charge in [-0.25, -0.2) is 8.42 Å². The predicted molar refractivity (Wildman–Crippen MR) is 129 cm³/mol. The molecule has 0 spiro atoms. The fourth-order valence-electron chi connectivity index (χ4n) is 3.63. The van der Waals surface area contributed by atoms with Crippen molar-refractivity contribution >= 4 is 21.6 Å². The number of anilines is 1. The third-order valence-corrected chi connectivity index (χ3v) is 7.09. The zero-order valence-electron chi connectivity index (χ0n) is 18.6. The topological polar surface area (TPSA) is 66.5 Å². The highest BCUT2D eigenvalue weighted by molar-refractivity contribution is 7.92. The molecule has 0 aliphatic heterocycles. The summed E-state index contributed by atoms with van der Waals surface area (Å²) in [6.45, 7) is 9.81. The molecule has 3 rings (SSSR count). The van der Waals surface area contributed by atoms with Gasteiger partial charge in [0, 0.05) is 5.56 Å². The molecule has 1 N–H and O–H groups in total. The van der Waals surface area contributed by atoms with Crippen molar-refractivity contribution in [3.8, 4) is 0 Å². The first-order valence-corrected chi connectivity index (χ1v) is 11.8. The smallest absolute Gasteiger partial charge is 0.264 e. The van der Waals surface area contributed by atoms with E-state index in [1.54, 1.807) is 54.6 Å². The Kier molecular flexibility index (Phi) is 7.15. The Morgan fingerprint density at radius 2 is 1.69 bits per heavy atom. The molecule has 32 heavy (non-hydrogen) atoms. The van der Waals surface area contributed by atoms with E-state index in [9.17, 15) is 13.2 Å². The average molecular weight is 449 g/mol. The van der Waals surface area contributed by atoms with Gasteiger partial charge in [-0.1, -0.05) is 48.0 Å². The van der Waals surface area contributed by atoms with Crippen LogP contribution < -0.4 is 9.62 Å². The largest absolute Gasteiger partial charge is 0.346 e. The first-order chi connectivity index (χ1) is 15.2. The van der Waals surface area contributed by atoms with Crippen LogP contribution in [0.25, 0.3) is 0 Å². The molecule has 0 bridgehead atoms. The Bertz CT molecular complexity index is 1200. The van der Waals surface area contributed by atoms with E-state index in [-0.39, 0.29) is 23.4 Å². The summed E-state index contributed by atoms with van der Waals surface area (Å²) in [4.78, 5) is 13.0. The minimum Gasteiger partial charge on any atom is -0.346 e. The molecule has 0 saturated heterocycles. The van der Waals surface area contributed by atoms with Crippen molar-refractivity contribution in [1.29, 1.82) is 0 Å². The zero-order chi connectivity index (χ0) is 23.3. The van der Waals surface area contributed by atoms with E-state index in [1.165, 1.54) is 15.9 Å². The van der Waals surface area contributed by atoms with Crippen LogP contribution in [0.3, 0.4) is 0 Å². The number of nitrogens with one attached hydrogen (secondary N) is 1. The van der Waals surface area contributed by atoms with Crippen LogP contribution in [-0.2, 0) is 10.0 Å². The molecule has 0 radical (unpaired) electrons. The van der Waals surface area contributed by atoms with Crippen LogP contribution in [0, 0.1) is 13.8 Å². The van der Waals surface area contributed by atoms with Gasteiger partial charge in [-0.05, 0) is 68.3 Å². The quantitative estimate of drug-likeness (QED) is 0.483. The van der Waals surface area contributed by atoms with Gasteiger partial charge in [-0.15, -0.1) is 6.58 Å². The highest BCUT2D eigenvalue weighted by Gasteiger charge is 2.24. The molecule has 0 fully saturated rings. The predicted octanol–water partition coefficient (Wildman–Crippen LogP) is 5.18. The second-order valence-electron chi connectivity index (χ2n) is 7.74. The van der Waals surface area contributed by atoms with Gasteiger partial charge >= 0.3 is 0 Å². The van der Waals surface area contributed by atoms with Crippen molar-refractivity contribution in [3.63, 3.8) is 0 Å². The molecule has 3 aromatic rings. The van der Waals surface area contributed by atoms with Crippen molar-refractivity contribution in [2.75, 3.05) is 10.8 Å². The minimum absolute atomic E-state index is 0.118. The molecule has 0 aliphatic rings. The number of hydrogen-bond acceptors (Lipinski definition) is 3. The molecule has 166 valence electrons. The van der Waals surface area contributed by atoms with Gasteiger partial charge in [-0.3, -0.25) is 9.10 Å². The minimum atomic E-state index is -3.75. The second kappa shape index (κ2) is 9.83. The van der Waals surface area contributed by atoms with Gasteiger partial charge in [0.05, 0.1) is 23.2 Å². The van der Waals surface area contributed by atoms with Crippen LogP contribution in [0.2, 0.25) is 0 Å². The monoisotopic (exact) mass is 448 g/mol. The van der Waals surface area contributed by atoms with Gasteiger partial charge in [0.2, 0.25) is 0 Å². The van der Waals surface area contributed by atoms with Crippen LogP contribution in [0.15, 0.2) is 90.3 Å². The summed E-state index contributed by atoms with van der Waals surface area (Å²) < 4.78 is 27.5. The number of nitrogens with zero attached hydrogens (tertiary/aromatic N) is 1. The van der Waals surface area contributed by atoms with Gasteiger partial charge in [-0.2, -0.15) is 0 Å². The molecular formula is C26H28N2O3S. The standard InChI is InChI=1S/C26H28N2O3S/c1-5-17-28(32(30,31)24-9-7-6-8-10-24)23-14-12-22(13-15-23)26(29)27-21(4)25-16-11-19(2)18-20(25)3/h5-16,18,21H,1,17H2,2-4H3,(H,27,29)/t21-/m1/s1. The molecule has 0 unspecified atom stereocenters. The third kappa shape index (κ3) is 5.08. The van der Waals surface area contributed by atoms with E-state index in [1.807, 2.05) is 32.9 Å². The van der Waals surface area contributed by atoms with Crippen LogP contribution in [0.5, 0.6) is 0 Å². The molecule has 0 saturated carbocycles. The lowest BCUT2D eigenvalue weighted by molar-refractivity contribution is 0.0940. The van der Waals surface area contributed by atoms with E-state index in [2.05, 4.69) is 18.0 Å². The summed E-state index contributed by atoms with van der Waals surface area (Å²) in [5.41, 5.74) is 4.29. The molecule has 3 aromatic carbocycles. The number of aryl methyl sites for hydroxylation is 2.